The van der Waals surface area contributed by atoms with Crippen LogP contribution in [0.25, 0.3) is 11.5 Å². The van der Waals surface area contributed by atoms with E-state index in [0.717, 1.165) is 24.1 Å². The molecule has 1 aliphatic heterocycles. The maximum atomic E-state index is 13.1. The van der Waals surface area contributed by atoms with Gasteiger partial charge in [0.05, 0.1) is 6.04 Å². The number of nitrogens with one attached hydrogen (secondary N) is 1. The second-order valence-electron chi connectivity index (χ2n) is 6.95. The Labute approximate surface area is 164 Å². The minimum atomic E-state index is -0.111. The molecule has 0 saturated carbocycles. The number of rotatable bonds is 3. The van der Waals surface area contributed by atoms with Crippen LogP contribution < -0.4 is 10.2 Å². The first kappa shape index (κ1) is 18.0. The largest absolute Gasteiger partial charge is 0.423 e. The molecule has 1 N–H and O–H groups in total. The molecule has 2 heterocycles. The van der Waals surface area contributed by atoms with E-state index in [-0.39, 0.29) is 12.1 Å². The van der Waals surface area contributed by atoms with Crippen LogP contribution in [-0.2, 0) is 6.54 Å². The van der Waals surface area contributed by atoms with Crippen molar-refractivity contribution in [2.45, 2.75) is 25.9 Å². The van der Waals surface area contributed by atoms with Gasteiger partial charge in [0.2, 0.25) is 12.3 Å². The number of fused-ring (bicyclic) bond motifs is 1. The fraction of sp³-hybridized carbons (Fsp3) is 0.286. The highest BCUT2D eigenvalue weighted by molar-refractivity contribution is 5.90. The van der Waals surface area contributed by atoms with Gasteiger partial charge in [-0.25, -0.2) is 4.79 Å². The van der Waals surface area contributed by atoms with Crippen molar-refractivity contribution in [2.75, 3.05) is 23.8 Å². The monoisotopic (exact) mass is 377 g/mol. The molecular weight excluding hydrogens is 354 g/mol. The first-order chi connectivity index (χ1) is 13.7. The molecule has 1 atom stereocenters. The number of hydrogen-bond donors (Lipinski definition) is 1. The van der Waals surface area contributed by atoms with E-state index in [2.05, 4.69) is 46.5 Å². The van der Waals surface area contributed by atoms with Gasteiger partial charge in [0.1, 0.15) is 0 Å². The summed E-state index contributed by atoms with van der Waals surface area (Å²) in [5.74, 6) is 0.424. The van der Waals surface area contributed by atoms with E-state index in [1.54, 1.807) is 0 Å². The molecular formula is C21H23N5O2. The summed E-state index contributed by atoms with van der Waals surface area (Å²) in [4.78, 5) is 17.3. The normalized spacial score (nSPS) is 16.4. The van der Waals surface area contributed by atoms with Crippen LogP contribution in [0.4, 0.5) is 16.2 Å². The Morgan fingerprint density at radius 2 is 2.11 bits per heavy atom. The Balaban J connectivity index is 1.57. The Hall–Kier alpha value is -3.35. The van der Waals surface area contributed by atoms with Crippen molar-refractivity contribution in [3.63, 3.8) is 0 Å². The number of para-hydroxylation sites is 1. The van der Waals surface area contributed by atoms with Crippen molar-refractivity contribution in [1.82, 2.24) is 15.1 Å². The number of aromatic nitrogens is 2. The molecule has 0 fully saturated rings. The van der Waals surface area contributed by atoms with Crippen LogP contribution >= 0.6 is 0 Å². The number of urea groups is 1. The number of anilines is 2. The van der Waals surface area contributed by atoms with Gasteiger partial charge in [0.15, 0.2) is 0 Å². The van der Waals surface area contributed by atoms with Gasteiger partial charge in [-0.15, -0.1) is 10.2 Å². The zero-order valence-electron chi connectivity index (χ0n) is 16.0. The second kappa shape index (κ2) is 7.72. The number of carbonyl (C=O) groups is 1. The average molecular weight is 377 g/mol. The van der Waals surface area contributed by atoms with E-state index >= 15 is 0 Å². The fourth-order valence-electron chi connectivity index (χ4n) is 3.65. The van der Waals surface area contributed by atoms with E-state index in [4.69, 9.17) is 4.42 Å². The van der Waals surface area contributed by atoms with Gasteiger partial charge in [0.25, 0.3) is 0 Å². The summed E-state index contributed by atoms with van der Waals surface area (Å²) in [6.07, 6.45) is 2.17. The number of nitrogens with zero attached hydrogens (tertiary/aromatic N) is 4. The molecule has 0 spiro atoms. The van der Waals surface area contributed by atoms with E-state index in [0.29, 0.717) is 18.1 Å². The lowest BCUT2D eigenvalue weighted by molar-refractivity contribution is 0.185. The van der Waals surface area contributed by atoms with E-state index in [9.17, 15) is 4.79 Å². The molecule has 0 radical (unpaired) electrons. The van der Waals surface area contributed by atoms with Gasteiger partial charge in [-0.1, -0.05) is 31.2 Å². The quantitative estimate of drug-likeness (QED) is 0.747. The molecule has 1 aliphatic rings. The van der Waals surface area contributed by atoms with Crippen LogP contribution in [0, 0.1) is 0 Å². The lowest BCUT2D eigenvalue weighted by Gasteiger charge is -2.30. The molecule has 1 aromatic heterocycles. The molecule has 4 rings (SSSR count). The number of carbonyl (C=O) groups excluding carboxylic acids is 1. The topological polar surface area (TPSA) is 74.5 Å². The number of amides is 2. The summed E-state index contributed by atoms with van der Waals surface area (Å²) in [6.45, 7) is 3.49. The average Bonchev–Trinajstić information content (AvgIpc) is 3.21. The number of benzene rings is 2. The summed E-state index contributed by atoms with van der Waals surface area (Å²) in [6, 6.07) is 15.7. The van der Waals surface area contributed by atoms with Crippen molar-refractivity contribution < 1.29 is 9.21 Å². The maximum absolute atomic E-state index is 13.1. The standard InChI is InChI=1S/C21H23N5O2/c1-3-18-13-25(2)19-10-5-4-7-16(19)12-26(18)21(27)23-17-9-6-8-15(11-17)20-24-22-14-28-20/h4-11,14,18H,3,12-13H2,1-2H3,(H,23,27). The third-order valence-electron chi connectivity index (χ3n) is 5.12. The van der Waals surface area contributed by atoms with Crippen LogP contribution in [0.15, 0.2) is 59.3 Å². The Morgan fingerprint density at radius 1 is 1.25 bits per heavy atom. The Kier molecular flexibility index (Phi) is 4.97. The highest BCUT2D eigenvalue weighted by atomic mass is 16.4. The van der Waals surface area contributed by atoms with Crippen LogP contribution in [0.1, 0.15) is 18.9 Å². The highest BCUT2D eigenvalue weighted by Crippen LogP contribution is 2.28. The predicted molar refractivity (Wildman–Crippen MR) is 108 cm³/mol. The molecule has 7 heteroatoms. The number of likely N-dealkylation sites (N-methyl/N-ethyl adjacent to an activating group) is 1. The third-order valence-corrected chi connectivity index (χ3v) is 5.12. The number of hydrogen-bond acceptors (Lipinski definition) is 5. The van der Waals surface area contributed by atoms with Crippen LogP contribution in [0.3, 0.4) is 0 Å². The molecule has 0 saturated heterocycles. The van der Waals surface area contributed by atoms with Crippen LogP contribution in [0.5, 0.6) is 0 Å². The molecule has 28 heavy (non-hydrogen) atoms. The van der Waals surface area contributed by atoms with Crippen LogP contribution in [-0.4, -0.2) is 40.8 Å². The van der Waals surface area contributed by atoms with E-state index in [1.165, 1.54) is 12.1 Å². The van der Waals surface area contributed by atoms with Gasteiger partial charge >= 0.3 is 6.03 Å². The third kappa shape index (κ3) is 3.55. The van der Waals surface area contributed by atoms with Gasteiger partial charge < -0.3 is 19.5 Å². The molecule has 0 bridgehead atoms. The van der Waals surface area contributed by atoms with Gasteiger partial charge in [-0.3, -0.25) is 0 Å². The summed E-state index contributed by atoms with van der Waals surface area (Å²) in [7, 11) is 2.08. The minimum Gasteiger partial charge on any atom is -0.423 e. The summed E-state index contributed by atoms with van der Waals surface area (Å²) < 4.78 is 5.25. The Morgan fingerprint density at radius 3 is 2.89 bits per heavy atom. The molecule has 0 aliphatic carbocycles. The highest BCUT2D eigenvalue weighted by Gasteiger charge is 2.28. The van der Waals surface area contributed by atoms with Crippen molar-refractivity contribution in [2.24, 2.45) is 0 Å². The second-order valence-corrected chi connectivity index (χ2v) is 6.95. The lowest BCUT2D eigenvalue weighted by Crippen LogP contribution is -2.45. The first-order valence-electron chi connectivity index (χ1n) is 9.39. The molecule has 1 unspecified atom stereocenters. The molecule has 2 aromatic carbocycles. The van der Waals surface area contributed by atoms with Crippen LogP contribution in [0.2, 0.25) is 0 Å². The Bertz CT molecular complexity index is 957. The van der Waals surface area contributed by atoms with Gasteiger partial charge in [-0.2, -0.15) is 0 Å². The fourth-order valence-corrected chi connectivity index (χ4v) is 3.65. The summed E-state index contributed by atoms with van der Waals surface area (Å²) in [5.41, 5.74) is 3.79. The van der Waals surface area contributed by atoms with E-state index in [1.807, 2.05) is 41.3 Å². The minimum absolute atomic E-state index is 0.111. The molecule has 2 amide bonds. The predicted octanol–water partition coefficient (Wildman–Crippen LogP) is 4.00. The van der Waals surface area contributed by atoms with Gasteiger partial charge in [0, 0.05) is 37.1 Å². The van der Waals surface area contributed by atoms with Gasteiger partial charge in [-0.05, 0) is 36.2 Å². The maximum Gasteiger partial charge on any atom is 0.322 e. The van der Waals surface area contributed by atoms with Crippen molar-refractivity contribution in [3.8, 4) is 11.5 Å². The van der Waals surface area contributed by atoms with E-state index < -0.39 is 0 Å². The van der Waals surface area contributed by atoms with Crippen molar-refractivity contribution >= 4 is 17.4 Å². The zero-order valence-corrected chi connectivity index (χ0v) is 16.0. The van der Waals surface area contributed by atoms with Crippen molar-refractivity contribution in [3.05, 3.63) is 60.5 Å². The summed E-state index contributed by atoms with van der Waals surface area (Å²) >= 11 is 0. The first-order valence-corrected chi connectivity index (χ1v) is 9.39. The lowest BCUT2D eigenvalue weighted by atomic mass is 10.1. The molecule has 3 aromatic rings. The zero-order chi connectivity index (χ0) is 19.5. The SMILES string of the molecule is CCC1CN(C)c2ccccc2CN1C(=O)Nc1cccc(-c2nnco2)c1. The molecule has 144 valence electrons. The summed E-state index contributed by atoms with van der Waals surface area (Å²) in [5, 5.41) is 10.7. The molecule has 7 nitrogen and oxygen atoms in total. The smallest absolute Gasteiger partial charge is 0.322 e. The van der Waals surface area contributed by atoms with Crippen molar-refractivity contribution in [1.29, 1.82) is 0 Å².